The molecule has 3 rings (SSSR count). The van der Waals surface area contributed by atoms with Crippen molar-refractivity contribution < 1.29 is 14.6 Å². The van der Waals surface area contributed by atoms with Crippen molar-refractivity contribution in [3.05, 3.63) is 65.7 Å². The zero-order valence-corrected chi connectivity index (χ0v) is 16.7. The van der Waals surface area contributed by atoms with Crippen LogP contribution < -0.4 is 4.74 Å². The van der Waals surface area contributed by atoms with Gasteiger partial charge in [0, 0.05) is 6.61 Å². The Kier molecular flexibility index (Phi) is 7.32. The molecule has 140 valence electrons. The number of rotatable bonds is 8. The smallest absolute Gasteiger partial charge is 0.119 e. The van der Waals surface area contributed by atoms with Crippen LogP contribution in [0.5, 0.6) is 5.75 Å². The predicted octanol–water partition coefficient (Wildman–Crippen LogP) is 4.86. The van der Waals surface area contributed by atoms with Gasteiger partial charge in [-0.3, -0.25) is 0 Å². The van der Waals surface area contributed by atoms with E-state index in [0.29, 0.717) is 13.2 Å². The Balaban J connectivity index is 2.01. The van der Waals surface area contributed by atoms with Crippen molar-refractivity contribution in [1.82, 2.24) is 0 Å². The van der Waals surface area contributed by atoms with Crippen LogP contribution in [0.1, 0.15) is 30.6 Å². The molecule has 1 saturated heterocycles. The van der Waals surface area contributed by atoms with Crippen LogP contribution in [-0.2, 0) is 8.82 Å². The van der Waals surface area contributed by atoms with Gasteiger partial charge in [0.15, 0.2) is 0 Å². The zero-order valence-electron chi connectivity index (χ0n) is 15.1. The van der Waals surface area contributed by atoms with Gasteiger partial charge in [0.25, 0.3) is 0 Å². The normalized spacial score (nSPS) is 17.6. The molecule has 0 spiro atoms. The highest BCUT2D eigenvalue weighted by atomic mass is 32.2. The highest BCUT2D eigenvalue weighted by Gasteiger charge is 2.44. The molecule has 2 aromatic rings. The average molecular weight is 391 g/mol. The Morgan fingerprint density at radius 1 is 1.08 bits per heavy atom. The summed E-state index contributed by atoms with van der Waals surface area (Å²) in [5.74, 6) is 3.04. The van der Waals surface area contributed by atoms with Crippen LogP contribution >= 0.6 is 23.5 Å². The van der Waals surface area contributed by atoms with Gasteiger partial charge < -0.3 is 14.6 Å². The van der Waals surface area contributed by atoms with Crippen molar-refractivity contribution in [1.29, 1.82) is 0 Å². The summed E-state index contributed by atoms with van der Waals surface area (Å²) < 4.78 is 11.8. The number of ether oxygens (including phenoxy) is 2. The fraction of sp³-hybridized carbons (Fsp3) is 0.429. The van der Waals surface area contributed by atoms with E-state index in [4.69, 9.17) is 14.6 Å². The van der Waals surface area contributed by atoms with Crippen molar-refractivity contribution in [2.24, 2.45) is 0 Å². The van der Waals surface area contributed by atoms with E-state index in [1.807, 2.05) is 35.7 Å². The molecule has 3 nitrogen and oxygen atoms in total. The summed E-state index contributed by atoms with van der Waals surface area (Å²) in [6, 6.07) is 18.8. The van der Waals surface area contributed by atoms with Crippen LogP contribution in [0, 0.1) is 0 Å². The van der Waals surface area contributed by atoms with Gasteiger partial charge in [0.05, 0.1) is 6.61 Å². The number of aliphatic hydroxyl groups excluding tert-OH is 1. The topological polar surface area (TPSA) is 38.7 Å². The molecule has 1 atom stereocenters. The highest BCUT2D eigenvalue weighted by Crippen LogP contribution is 2.58. The van der Waals surface area contributed by atoms with Crippen molar-refractivity contribution in [3.63, 3.8) is 0 Å². The molecule has 0 radical (unpaired) electrons. The number of aliphatic hydroxyl groups is 1. The molecule has 0 saturated carbocycles. The largest absolute Gasteiger partial charge is 0.491 e. The quantitative estimate of drug-likeness (QED) is 0.697. The third-order valence-electron chi connectivity index (χ3n) is 4.30. The molecule has 1 unspecified atom stereocenters. The van der Waals surface area contributed by atoms with Gasteiger partial charge in [-0.05, 0) is 48.1 Å². The van der Waals surface area contributed by atoms with E-state index in [9.17, 15) is 0 Å². The lowest BCUT2D eigenvalue weighted by Crippen LogP contribution is -2.32. The monoisotopic (exact) mass is 390 g/mol. The average Bonchev–Trinajstić information content (AvgIpc) is 2.72. The Morgan fingerprint density at radius 3 is 2.54 bits per heavy atom. The summed E-state index contributed by atoms with van der Waals surface area (Å²) in [7, 11) is 0. The van der Waals surface area contributed by atoms with Gasteiger partial charge in [0.2, 0.25) is 0 Å². The van der Waals surface area contributed by atoms with E-state index < -0.39 is 0 Å². The van der Waals surface area contributed by atoms with Crippen molar-refractivity contribution >= 4 is 23.5 Å². The predicted molar refractivity (Wildman–Crippen MR) is 111 cm³/mol. The summed E-state index contributed by atoms with van der Waals surface area (Å²) in [6.07, 6.45) is 1.16. The minimum absolute atomic E-state index is 0.0127. The van der Waals surface area contributed by atoms with Crippen LogP contribution in [0.2, 0.25) is 0 Å². The second kappa shape index (κ2) is 9.70. The van der Waals surface area contributed by atoms with Gasteiger partial charge in [-0.15, -0.1) is 23.5 Å². The van der Waals surface area contributed by atoms with E-state index in [1.165, 1.54) is 12.0 Å². The second-order valence-corrected chi connectivity index (χ2v) is 9.00. The molecule has 0 amide bonds. The van der Waals surface area contributed by atoms with Crippen LogP contribution in [-0.4, -0.2) is 36.4 Å². The fourth-order valence-electron chi connectivity index (χ4n) is 3.21. The molecule has 0 aliphatic carbocycles. The third-order valence-corrected chi connectivity index (χ3v) is 7.75. The first-order chi connectivity index (χ1) is 12.8. The van der Waals surface area contributed by atoms with Gasteiger partial charge in [-0.2, -0.15) is 0 Å². The van der Waals surface area contributed by atoms with E-state index in [-0.39, 0.29) is 16.8 Å². The first-order valence-electron chi connectivity index (χ1n) is 9.09. The van der Waals surface area contributed by atoms with Crippen LogP contribution in [0.4, 0.5) is 0 Å². The summed E-state index contributed by atoms with van der Waals surface area (Å²) in [5.41, 5.74) is 2.42. The molecule has 1 aliphatic heterocycles. The molecule has 0 aromatic heterocycles. The number of hydrogen-bond acceptors (Lipinski definition) is 5. The number of hydrogen-bond donors (Lipinski definition) is 1. The lowest BCUT2D eigenvalue weighted by Gasteiger charge is -2.42. The standard InChI is InChI=1S/C21H26O3S2/c1-2-23-20(17-8-6-11-19(16-17)24-13-12-22)21(25-14-7-15-26-21)18-9-4-3-5-10-18/h3-6,8-11,16,20,22H,2,7,12-15H2,1H3. The number of benzene rings is 2. The molecular weight excluding hydrogens is 364 g/mol. The summed E-state index contributed by atoms with van der Waals surface area (Å²) in [6.45, 7) is 3.02. The minimum atomic E-state index is -0.162. The molecule has 1 N–H and O–H groups in total. The summed E-state index contributed by atoms with van der Waals surface area (Å²) >= 11 is 3.98. The lowest BCUT2D eigenvalue weighted by atomic mass is 9.99. The Bertz CT molecular complexity index is 672. The molecule has 1 heterocycles. The summed E-state index contributed by atoms with van der Waals surface area (Å²) in [4.78, 5) is 0. The SMILES string of the molecule is CCOC(c1cccc(OCCO)c1)C1(c2ccccc2)SCCCS1. The Morgan fingerprint density at radius 2 is 1.85 bits per heavy atom. The maximum Gasteiger partial charge on any atom is 0.119 e. The van der Waals surface area contributed by atoms with Crippen LogP contribution in [0.25, 0.3) is 0 Å². The van der Waals surface area contributed by atoms with Crippen molar-refractivity contribution in [2.45, 2.75) is 23.5 Å². The number of thioether (sulfide) groups is 2. The lowest BCUT2D eigenvalue weighted by molar-refractivity contribution is 0.0525. The van der Waals surface area contributed by atoms with Crippen molar-refractivity contribution in [2.75, 3.05) is 31.3 Å². The van der Waals surface area contributed by atoms with E-state index in [1.54, 1.807) is 0 Å². The van der Waals surface area contributed by atoms with E-state index >= 15 is 0 Å². The maximum atomic E-state index is 9.03. The summed E-state index contributed by atoms with van der Waals surface area (Å²) in [5, 5.41) is 9.03. The van der Waals surface area contributed by atoms with E-state index in [2.05, 4.69) is 49.4 Å². The maximum absolute atomic E-state index is 9.03. The van der Waals surface area contributed by atoms with Crippen LogP contribution in [0.3, 0.4) is 0 Å². The van der Waals surface area contributed by atoms with Crippen molar-refractivity contribution in [3.8, 4) is 5.75 Å². The van der Waals surface area contributed by atoms with Gasteiger partial charge in [0.1, 0.15) is 22.5 Å². The molecule has 0 bridgehead atoms. The van der Waals surface area contributed by atoms with Gasteiger partial charge in [-0.25, -0.2) is 0 Å². The first kappa shape index (κ1) is 19.6. The van der Waals surface area contributed by atoms with Crippen LogP contribution in [0.15, 0.2) is 54.6 Å². The molecule has 2 aromatic carbocycles. The van der Waals surface area contributed by atoms with E-state index in [0.717, 1.165) is 22.8 Å². The molecule has 1 fully saturated rings. The fourth-order valence-corrected chi connectivity index (χ4v) is 6.73. The molecule has 26 heavy (non-hydrogen) atoms. The minimum Gasteiger partial charge on any atom is -0.491 e. The Hall–Kier alpha value is -1.14. The third kappa shape index (κ3) is 4.39. The Labute approximate surface area is 164 Å². The molecule has 1 aliphatic rings. The second-order valence-electron chi connectivity index (χ2n) is 6.06. The molecule has 5 heteroatoms. The molecular formula is C21H26O3S2. The highest BCUT2D eigenvalue weighted by molar-refractivity contribution is 8.18. The first-order valence-corrected chi connectivity index (χ1v) is 11.1. The zero-order chi connectivity index (χ0) is 18.2. The van der Waals surface area contributed by atoms with Gasteiger partial charge in [-0.1, -0.05) is 42.5 Å². The van der Waals surface area contributed by atoms with Gasteiger partial charge >= 0.3 is 0 Å².